The minimum atomic E-state index is -0.832. The van der Waals surface area contributed by atoms with Crippen molar-refractivity contribution >= 4 is 11.7 Å². The molecule has 0 spiro atoms. The molecule has 1 aliphatic heterocycles. The summed E-state index contributed by atoms with van der Waals surface area (Å²) in [5.41, 5.74) is 2.43. The molecular weight excluding hydrogens is 202 g/mol. The molecular formula is C13H17NO2. The maximum atomic E-state index is 11.1. The highest BCUT2D eigenvalue weighted by atomic mass is 16.4. The third kappa shape index (κ3) is 1.56. The first-order chi connectivity index (χ1) is 7.62. The van der Waals surface area contributed by atoms with Crippen LogP contribution in [0.15, 0.2) is 18.2 Å². The van der Waals surface area contributed by atoms with E-state index in [1.807, 2.05) is 6.07 Å². The van der Waals surface area contributed by atoms with Crippen molar-refractivity contribution < 1.29 is 9.90 Å². The standard InChI is InChI=1S/C13H17NO2/c1-3-13(4-2)8-10-9(12(15)16)6-5-7-11(10)14-13/h5-7,14H,3-4,8H2,1-2H3,(H,15,16). The number of carboxylic acids is 1. The summed E-state index contributed by atoms with van der Waals surface area (Å²) in [5.74, 6) is -0.832. The molecule has 2 N–H and O–H groups in total. The Balaban J connectivity index is 2.44. The maximum absolute atomic E-state index is 11.1. The molecule has 1 aliphatic rings. The van der Waals surface area contributed by atoms with Gasteiger partial charge in [0.25, 0.3) is 0 Å². The van der Waals surface area contributed by atoms with Crippen LogP contribution >= 0.6 is 0 Å². The zero-order valence-electron chi connectivity index (χ0n) is 9.71. The van der Waals surface area contributed by atoms with Gasteiger partial charge in [0.2, 0.25) is 0 Å². The fourth-order valence-corrected chi connectivity index (χ4v) is 2.44. The first-order valence-corrected chi connectivity index (χ1v) is 5.75. The van der Waals surface area contributed by atoms with Gasteiger partial charge in [-0.15, -0.1) is 0 Å². The van der Waals surface area contributed by atoms with Crippen LogP contribution in [0.4, 0.5) is 5.69 Å². The average molecular weight is 219 g/mol. The lowest BCUT2D eigenvalue weighted by atomic mass is 9.88. The lowest BCUT2D eigenvalue weighted by Gasteiger charge is -2.27. The molecule has 1 aromatic carbocycles. The van der Waals surface area contributed by atoms with Gasteiger partial charge in [0, 0.05) is 11.2 Å². The van der Waals surface area contributed by atoms with Crippen molar-refractivity contribution in [2.24, 2.45) is 0 Å². The number of carbonyl (C=O) groups is 1. The fraction of sp³-hybridized carbons (Fsp3) is 0.462. The number of benzene rings is 1. The lowest BCUT2D eigenvalue weighted by Crippen LogP contribution is -2.34. The molecule has 2 rings (SSSR count). The second-order valence-corrected chi connectivity index (χ2v) is 4.43. The van der Waals surface area contributed by atoms with Crippen molar-refractivity contribution in [2.45, 2.75) is 38.6 Å². The minimum Gasteiger partial charge on any atom is -0.478 e. The van der Waals surface area contributed by atoms with E-state index in [0.29, 0.717) is 5.56 Å². The van der Waals surface area contributed by atoms with Crippen molar-refractivity contribution in [3.8, 4) is 0 Å². The monoisotopic (exact) mass is 219 g/mol. The molecule has 0 bridgehead atoms. The zero-order valence-corrected chi connectivity index (χ0v) is 9.71. The molecule has 1 heterocycles. The van der Waals surface area contributed by atoms with Crippen LogP contribution in [0.2, 0.25) is 0 Å². The van der Waals surface area contributed by atoms with Gasteiger partial charge in [-0.1, -0.05) is 19.9 Å². The smallest absolute Gasteiger partial charge is 0.336 e. The number of rotatable bonds is 3. The van der Waals surface area contributed by atoms with E-state index in [1.54, 1.807) is 12.1 Å². The van der Waals surface area contributed by atoms with Crippen LogP contribution in [0, 0.1) is 0 Å². The molecule has 86 valence electrons. The van der Waals surface area contributed by atoms with E-state index < -0.39 is 5.97 Å². The summed E-state index contributed by atoms with van der Waals surface area (Å²) in [7, 11) is 0. The molecule has 3 nitrogen and oxygen atoms in total. The highest BCUT2D eigenvalue weighted by Gasteiger charge is 2.35. The van der Waals surface area contributed by atoms with Crippen molar-refractivity contribution in [3.63, 3.8) is 0 Å². The number of aromatic carboxylic acids is 1. The van der Waals surface area contributed by atoms with E-state index in [2.05, 4.69) is 19.2 Å². The maximum Gasteiger partial charge on any atom is 0.336 e. The number of carboxylic acid groups (broad SMARTS) is 1. The average Bonchev–Trinajstić information content (AvgIpc) is 2.67. The van der Waals surface area contributed by atoms with Gasteiger partial charge in [-0.25, -0.2) is 4.79 Å². The number of fused-ring (bicyclic) bond motifs is 1. The van der Waals surface area contributed by atoms with E-state index >= 15 is 0 Å². The topological polar surface area (TPSA) is 49.3 Å². The third-order valence-electron chi connectivity index (χ3n) is 3.67. The summed E-state index contributed by atoms with van der Waals surface area (Å²) >= 11 is 0. The zero-order chi connectivity index (χ0) is 11.8. The summed E-state index contributed by atoms with van der Waals surface area (Å²) in [4.78, 5) is 11.1. The Morgan fingerprint density at radius 1 is 1.44 bits per heavy atom. The fourth-order valence-electron chi connectivity index (χ4n) is 2.44. The molecule has 0 amide bonds. The largest absolute Gasteiger partial charge is 0.478 e. The van der Waals surface area contributed by atoms with Crippen molar-refractivity contribution in [1.82, 2.24) is 0 Å². The molecule has 3 heteroatoms. The Labute approximate surface area is 95.5 Å². The summed E-state index contributed by atoms with van der Waals surface area (Å²) in [6, 6.07) is 5.45. The Hall–Kier alpha value is -1.51. The summed E-state index contributed by atoms with van der Waals surface area (Å²) in [6.07, 6.45) is 2.84. The molecule has 0 aromatic heterocycles. The van der Waals surface area contributed by atoms with Crippen LogP contribution in [-0.2, 0) is 6.42 Å². The van der Waals surface area contributed by atoms with Gasteiger partial charge >= 0.3 is 5.97 Å². The molecule has 0 atom stereocenters. The Bertz CT molecular complexity index is 422. The SMILES string of the molecule is CCC1(CC)Cc2c(cccc2C(=O)O)N1. The Kier molecular flexibility index (Phi) is 2.62. The molecule has 1 aromatic rings. The normalized spacial score (nSPS) is 16.6. The van der Waals surface area contributed by atoms with Crippen LogP contribution in [0.25, 0.3) is 0 Å². The highest BCUT2D eigenvalue weighted by molar-refractivity contribution is 5.92. The van der Waals surface area contributed by atoms with Gasteiger partial charge < -0.3 is 10.4 Å². The first kappa shape index (κ1) is 11.0. The first-order valence-electron chi connectivity index (χ1n) is 5.75. The van der Waals surface area contributed by atoms with Crippen LogP contribution in [0.3, 0.4) is 0 Å². The van der Waals surface area contributed by atoms with Crippen LogP contribution in [-0.4, -0.2) is 16.6 Å². The molecule has 0 radical (unpaired) electrons. The van der Waals surface area contributed by atoms with Gasteiger partial charge in [0.05, 0.1) is 5.56 Å². The summed E-state index contributed by atoms with van der Waals surface area (Å²) in [6.45, 7) is 4.28. The molecule has 16 heavy (non-hydrogen) atoms. The molecule has 0 saturated heterocycles. The van der Waals surface area contributed by atoms with Crippen molar-refractivity contribution in [2.75, 3.05) is 5.32 Å². The van der Waals surface area contributed by atoms with E-state index in [1.165, 1.54) is 0 Å². The highest BCUT2D eigenvalue weighted by Crippen LogP contribution is 2.38. The van der Waals surface area contributed by atoms with E-state index in [9.17, 15) is 4.79 Å². The van der Waals surface area contributed by atoms with Crippen LogP contribution < -0.4 is 5.32 Å². The van der Waals surface area contributed by atoms with E-state index in [4.69, 9.17) is 5.11 Å². The Morgan fingerprint density at radius 2 is 2.12 bits per heavy atom. The molecule has 0 aliphatic carbocycles. The van der Waals surface area contributed by atoms with Crippen LogP contribution in [0.5, 0.6) is 0 Å². The van der Waals surface area contributed by atoms with Gasteiger partial charge in [-0.2, -0.15) is 0 Å². The van der Waals surface area contributed by atoms with Crippen molar-refractivity contribution in [3.05, 3.63) is 29.3 Å². The van der Waals surface area contributed by atoms with Gasteiger partial charge in [0.15, 0.2) is 0 Å². The number of anilines is 1. The number of hydrogen-bond acceptors (Lipinski definition) is 2. The Morgan fingerprint density at radius 3 is 2.69 bits per heavy atom. The second-order valence-electron chi connectivity index (χ2n) is 4.43. The minimum absolute atomic E-state index is 0.0495. The predicted octanol–water partition coefficient (Wildman–Crippen LogP) is 2.91. The molecule has 0 saturated carbocycles. The van der Waals surface area contributed by atoms with Crippen LogP contribution in [0.1, 0.15) is 42.6 Å². The third-order valence-corrected chi connectivity index (χ3v) is 3.67. The van der Waals surface area contributed by atoms with Gasteiger partial charge in [-0.3, -0.25) is 0 Å². The van der Waals surface area contributed by atoms with Gasteiger partial charge in [-0.05, 0) is 37.0 Å². The summed E-state index contributed by atoms with van der Waals surface area (Å²) < 4.78 is 0. The lowest BCUT2D eigenvalue weighted by molar-refractivity contribution is 0.0696. The molecule has 0 unspecified atom stereocenters. The second kappa shape index (κ2) is 3.81. The predicted molar refractivity (Wildman–Crippen MR) is 64.0 cm³/mol. The van der Waals surface area contributed by atoms with Crippen molar-refractivity contribution in [1.29, 1.82) is 0 Å². The van der Waals surface area contributed by atoms with Gasteiger partial charge in [0.1, 0.15) is 0 Å². The van der Waals surface area contributed by atoms with E-state index in [0.717, 1.165) is 30.5 Å². The number of nitrogens with one attached hydrogen (secondary N) is 1. The quantitative estimate of drug-likeness (QED) is 0.821. The number of hydrogen-bond donors (Lipinski definition) is 2. The molecule has 0 fully saturated rings. The van der Waals surface area contributed by atoms with E-state index in [-0.39, 0.29) is 5.54 Å². The summed E-state index contributed by atoms with van der Waals surface area (Å²) in [5, 5.41) is 12.6.